The minimum atomic E-state index is -4.41. The third-order valence-electron chi connectivity index (χ3n) is 6.29. The van der Waals surface area contributed by atoms with E-state index < -0.39 is 11.7 Å². The largest absolute Gasteiger partial charge is 0.416 e. The lowest BCUT2D eigenvalue weighted by molar-refractivity contribution is -0.138. The maximum atomic E-state index is 14.0. The summed E-state index contributed by atoms with van der Waals surface area (Å²) in [4.78, 5) is 11.0. The number of hydrogen-bond donors (Lipinski definition) is 1. The minimum Gasteiger partial charge on any atom is -0.306 e. The molecule has 0 saturated carbocycles. The van der Waals surface area contributed by atoms with E-state index in [-0.39, 0.29) is 12.3 Å². The third-order valence-corrected chi connectivity index (χ3v) is 6.61. The van der Waals surface area contributed by atoms with E-state index in [1.54, 1.807) is 6.07 Å². The van der Waals surface area contributed by atoms with Crippen LogP contribution in [-0.2, 0) is 19.0 Å². The maximum absolute atomic E-state index is 14.0. The van der Waals surface area contributed by atoms with E-state index in [1.807, 2.05) is 27.0 Å². The first-order valence-electron chi connectivity index (χ1n) is 11.0. The number of nitrogens with zero attached hydrogens (tertiary/aromatic N) is 4. The number of piperidine rings is 1. The Balaban J connectivity index is 1.63. The van der Waals surface area contributed by atoms with E-state index in [9.17, 15) is 13.2 Å². The van der Waals surface area contributed by atoms with E-state index in [4.69, 9.17) is 11.6 Å². The Morgan fingerprint density at radius 3 is 2.48 bits per heavy atom. The summed E-state index contributed by atoms with van der Waals surface area (Å²) in [6, 6.07) is 4.91. The number of halogens is 4. The highest BCUT2D eigenvalue weighted by molar-refractivity contribution is 6.31. The second-order valence-corrected chi connectivity index (χ2v) is 9.33. The van der Waals surface area contributed by atoms with Gasteiger partial charge < -0.3 is 4.90 Å². The molecule has 1 saturated heterocycles. The van der Waals surface area contributed by atoms with Gasteiger partial charge >= 0.3 is 6.18 Å². The van der Waals surface area contributed by atoms with E-state index in [2.05, 4.69) is 25.1 Å². The van der Waals surface area contributed by atoms with Crippen LogP contribution in [-0.4, -0.2) is 45.2 Å². The van der Waals surface area contributed by atoms with Gasteiger partial charge in [0, 0.05) is 24.7 Å². The molecule has 9 heteroatoms. The van der Waals surface area contributed by atoms with Crippen molar-refractivity contribution in [3.8, 4) is 0 Å². The third kappa shape index (κ3) is 5.55. The molecule has 0 unspecified atom stereocenters. The molecule has 1 N–H and O–H groups in total. The molecule has 0 bridgehead atoms. The van der Waals surface area contributed by atoms with Crippen LogP contribution in [0.4, 0.5) is 13.2 Å². The first kappa shape index (κ1) is 23.7. The molecule has 0 aliphatic carbocycles. The molecule has 1 fully saturated rings. The summed E-state index contributed by atoms with van der Waals surface area (Å²) in [5, 5.41) is 7.49. The molecule has 0 spiro atoms. The molecule has 1 aliphatic rings. The number of rotatable bonds is 5. The van der Waals surface area contributed by atoms with E-state index in [0.29, 0.717) is 34.1 Å². The lowest BCUT2D eigenvalue weighted by Gasteiger charge is -2.31. The summed E-state index contributed by atoms with van der Waals surface area (Å²) < 4.78 is 42.1. The van der Waals surface area contributed by atoms with Crippen molar-refractivity contribution in [2.24, 2.45) is 0 Å². The molecule has 0 atom stereocenters. The predicted octanol–water partition coefficient (Wildman–Crippen LogP) is 5.48. The Morgan fingerprint density at radius 1 is 1.12 bits per heavy atom. The van der Waals surface area contributed by atoms with Crippen molar-refractivity contribution in [3.05, 3.63) is 74.6 Å². The summed E-state index contributed by atoms with van der Waals surface area (Å²) in [5.41, 5.74) is 3.57. The summed E-state index contributed by atoms with van der Waals surface area (Å²) in [6.45, 7) is 5.37. The Kier molecular flexibility index (Phi) is 6.77. The van der Waals surface area contributed by atoms with Gasteiger partial charge in [0.2, 0.25) is 0 Å². The zero-order valence-corrected chi connectivity index (χ0v) is 19.7. The average molecular weight is 478 g/mol. The molecule has 5 nitrogen and oxygen atoms in total. The summed E-state index contributed by atoms with van der Waals surface area (Å²) in [5.74, 6) is 0.353. The zero-order valence-electron chi connectivity index (χ0n) is 18.9. The molecule has 0 amide bonds. The number of aromatic nitrogens is 4. The smallest absolute Gasteiger partial charge is 0.306 e. The van der Waals surface area contributed by atoms with Crippen molar-refractivity contribution >= 4 is 11.6 Å². The van der Waals surface area contributed by atoms with Crippen LogP contribution < -0.4 is 0 Å². The minimum absolute atomic E-state index is 0.0822. The summed E-state index contributed by atoms with van der Waals surface area (Å²) >= 11 is 6.27. The topological polar surface area (TPSA) is 57.7 Å². The van der Waals surface area contributed by atoms with Crippen molar-refractivity contribution in [1.82, 2.24) is 25.1 Å². The Bertz CT molecular complexity index is 1130. The number of hydrogen-bond acceptors (Lipinski definition) is 4. The highest BCUT2D eigenvalue weighted by Crippen LogP contribution is 2.40. The van der Waals surface area contributed by atoms with Gasteiger partial charge in [0.05, 0.1) is 22.0 Å². The number of H-pyrrole nitrogens is 1. The zero-order chi connectivity index (χ0) is 23.8. The predicted molar refractivity (Wildman–Crippen MR) is 122 cm³/mol. The van der Waals surface area contributed by atoms with Crippen molar-refractivity contribution < 1.29 is 13.2 Å². The van der Waals surface area contributed by atoms with Gasteiger partial charge in [-0.1, -0.05) is 17.7 Å². The van der Waals surface area contributed by atoms with Crippen LogP contribution >= 0.6 is 11.6 Å². The molecule has 1 aromatic carbocycles. The van der Waals surface area contributed by atoms with Gasteiger partial charge in [0.1, 0.15) is 5.82 Å². The fourth-order valence-electron chi connectivity index (χ4n) is 4.43. The van der Waals surface area contributed by atoms with Crippen LogP contribution in [0.5, 0.6) is 0 Å². The van der Waals surface area contributed by atoms with E-state index in [1.165, 1.54) is 12.3 Å². The molecule has 4 rings (SSSR count). The molecular formula is C24H27ClF3N5. The van der Waals surface area contributed by atoms with Crippen LogP contribution in [0.25, 0.3) is 0 Å². The molecule has 1 aliphatic heterocycles. The Hall–Kier alpha value is -2.45. The van der Waals surface area contributed by atoms with Crippen LogP contribution in [0, 0.1) is 13.8 Å². The molecule has 33 heavy (non-hydrogen) atoms. The molecule has 3 aromatic rings. The van der Waals surface area contributed by atoms with Gasteiger partial charge in [-0.2, -0.15) is 18.3 Å². The standard InChI is InChI=1S/C24H27ClF3N5/c1-14-8-19(16-4-6-33(3)7-5-16)20(24(26,27)28)10-17(14)11-23-29-13-21(25)22(30-23)12-18-9-15(2)31-32-18/h8-10,13,16H,4-7,11-12H2,1-3H3,(H,31,32). The molecule has 2 aromatic heterocycles. The maximum Gasteiger partial charge on any atom is 0.416 e. The number of aryl methyl sites for hydroxylation is 2. The number of nitrogens with one attached hydrogen (secondary N) is 1. The molecular weight excluding hydrogens is 451 g/mol. The van der Waals surface area contributed by atoms with Gasteiger partial charge in [-0.25, -0.2) is 9.97 Å². The first-order valence-corrected chi connectivity index (χ1v) is 11.4. The van der Waals surface area contributed by atoms with Crippen molar-refractivity contribution in [1.29, 1.82) is 0 Å². The van der Waals surface area contributed by atoms with Crippen LogP contribution in [0.3, 0.4) is 0 Å². The summed E-state index contributed by atoms with van der Waals surface area (Å²) in [6.07, 6.45) is -0.827. The molecule has 0 radical (unpaired) electrons. The highest BCUT2D eigenvalue weighted by Gasteiger charge is 2.36. The van der Waals surface area contributed by atoms with Crippen molar-refractivity contribution in [2.75, 3.05) is 20.1 Å². The van der Waals surface area contributed by atoms with Crippen LogP contribution in [0.15, 0.2) is 24.4 Å². The Morgan fingerprint density at radius 2 is 1.85 bits per heavy atom. The van der Waals surface area contributed by atoms with Gasteiger partial charge in [-0.15, -0.1) is 0 Å². The lowest BCUT2D eigenvalue weighted by atomic mass is 9.84. The van der Waals surface area contributed by atoms with Crippen molar-refractivity contribution in [2.45, 2.75) is 51.6 Å². The van der Waals surface area contributed by atoms with Crippen molar-refractivity contribution in [3.63, 3.8) is 0 Å². The number of alkyl halides is 3. The van der Waals surface area contributed by atoms with E-state index >= 15 is 0 Å². The lowest BCUT2D eigenvalue weighted by Crippen LogP contribution is -2.30. The van der Waals surface area contributed by atoms with Gasteiger partial charge in [-0.3, -0.25) is 5.10 Å². The quantitative estimate of drug-likeness (QED) is 0.528. The second kappa shape index (κ2) is 9.43. The van der Waals surface area contributed by atoms with Gasteiger partial charge in [0.15, 0.2) is 0 Å². The van der Waals surface area contributed by atoms with Crippen LogP contribution in [0.2, 0.25) is 5.02 Å². The normalized spacial score (nSPS) is 15.8. The monoisotopic (exact) mass is 477 g/mol. The van der Waals surface area contributed by atoms with Gasteiger partial charge in [-0.05, 0) is 81.6 Å². The SMILES string of the molecule is Cc1cc(Cc2nc(Cc3cc(C(F)(F)F)c(C4CCN(C)CC4)cc3C)ncc2Cl)n[nH]1. The Labute approximate surface area is 196 Å². The second-order valence-electron chi connectivity index (χ2n) is 8.92. The van der Waals surface area contributed by atoms with Gasteiger partial charge in [0.25, 0.3) is 0 Å². The molecule has 176 valence electrons. The number of likely N-dealkylation sites (tertiary alicyclic amines) is 1. The summed E-state index contributed by atoms with van der Waals surface area (Å²) in [7, 11) is 2.00. The fourth-order valence-corrected chi connectivity index (χ4v) is 4.59. The first-order chi connectivity index (χ1) is 15.6. The number of benzene rings is 1. The fraction of sp³-hybridized carbons (Fsp3) is 0.458. The van der Waals surface area contributed by atoms with Crippen LogP contribution in [0.1, 0.15) is 63.9 Å². The highest BCUT2D eigenvalue weighted by atomic mass is 35.5. The number of aromatic amines is 1. The average Bonchev–Trinajstić information content (AvgIpc) is 3.16. The molecule has 3 heterocycles. The van der Waals surface area contributed by atoms with E-state index in [0.717, 1.165) is 42.9 Å².